The molecule has 2 aliphatic heterocycles. The van der Waals surface area contributed by atoms with E-state index in [2.05, 4.69) is 4.98 Å². The van der Waals surface area contributed by atoms with Gasteiger partial charge in [0.15, 0.2) is 0 Å². The lowest BCUT2D eigenvalue weighted by Crippen LogP contribution is -2.61. The van der Waals surface area contributed by atoms with E-state index < -0.39 is 23.1 Å². The number of nitrogens with zero attached hydrogens (tertiary/aromatic N) is 3. The van der Waals surface area contributed by atoms with Crippen LogP contribution in [0.15, 0.2) is 18.2 Å². The molecule has 1 amide bonds. The zero-order chi connectivity index (χ0) is 20.7. The molecule has 2 saturated heterocycles. The highest BCUT2D eigenvalue weighted by atomic mass is 19.4. The molecule has 28 heavy (non-hydrogen) atoms. The van der Waals surface area contributed by atoms with Crippen LogP contribution in [0.25, 0.3) is 0 Å². The van der Waals surface area contributed by atoms with Crippen molar-refractivity contribution in [3.8, 4) is 0 Å². The summed E-state index contributed by atoms with van der Waals surface area (Å²) in [4.78, 5) is 19.6. The maximum absolute atomic E-state index is 13.0. The minimum atomic E-state index is -4.55. The summed E-state index contributed by atoms with van der Waals surface area (Å²) in [5.74, 6) is 0. The summed E-state index contributed by atoms with van der Waals surface area (Å²) in [6.45, 7) is 7.05. The van der Waals surface area contributed by atoms with Gasteiger partial charge < -0.3 is 14.7 Å². The molecular weight excluding hydrogens is 375 g/mol. The number of rotatable bonds is 1. The molecule has 2 atom stereocenters. The predicted octanol–water partition coefficient (Wildman–Crippen LogP) is 3.00. The number of pyridine rings is 1. The van der Waals surface area contributed by atoms with Crippen molar-refractivity contribution in [1.82, 2.24) is 14.8 Å². The Morgan fingerprint density at radius 2 is 2.00 bits per heavy atom. The molecule has 0 saturated carbocycles. The molecule has 1 aromatic rings. The van der Waals surface area contributed by atoms with E-state index in [1.165, 1.54) is 12.1 Å². The maximum atomic E-state index is 13.0. The van der Waals surface area contributed by atoms with Crippen molar-refractivity contribution in [2.45, 2.75) is 57.0 Å². The lowest BCUT2D eigenvalue weighted by Gasteiger charge is -2.48. The van der Waals surface area contributed by atoms with Gasteiger partial charge in [-0.15, -0.1) is 0 Å². The quantitative estimate of drug-likeness (QED) is 0.784. The molecule has 3 heterocycles. The first-order chi connectivity index (χ1) is 12.9. The Hall–Kier alpha value is -1.87. The largest absolute Gasteiger partial charge is 0.444 e. The number of hydrogen-bond acceptors (Lipinski definition) is 5. The highest BCUT2D eigenvalue weighted by molar-refractivity contribution is 5.68. The first-order valence-electron chi connectivity index (χ1n) is 9.36. The third kappa shape index (κ3) is 4.57. The molecule has 3 rings (SSSR count). The molecule has 0 unspecified atom stereocenters. The molecule has 6 nitrogen and oxygen atoms in total. The van der Waals surface area contributed by atoms with Crippen LogP contribution in [-0.2, 0) is 16.5 Å². The summed E-state index contributed by atoms with van der Waals surface area (Å²) in [5, 5.41) is 11.0. The van der Waals surface area contributed by atoms with Crippen LogP contribution in [0.5, 0.6) is 0 Å². The van der Waals surface area contributed by atoms with Gasteiger partial charge in [-0.25, -0.2) is 9.78 Å². The third-order valence-electron chi connectivity index (χ3n) is 5.13. The zero-order valence-corrected chi connectivity index (χ0v) is 16.3. The Kier molecular flexibility index (Phi) is 5.35. The van der Waals surface area contributed by atoms with E-state index in [1.54, 1.807) is 4.90 Å². The summed E-state index contributed by atoms with van der Waals surface area (Å²) in [5.41, 5.74) is -2.98. The molecule has 0 aliphatic carbocycles. The van der Waals surface area contributed by atoms with Gasteiger partial charge in [-0.05, 0) is 45.7 Å². The van der Waals surface area contributed by atoms with Gasteiger partial charge in [0.05, 0.1) is 5.69 Å². The van der Waals surface area contributed by atoms with Crippen molar-refractivity contribution in [2.24, 2.45) is 0 Å². The van der Waals surface area contributed by atoms with E-state index >= 15 is 0 Å². The van der Waals surface area contributed by atoms with Crippen LogP contribution in [0.4, 0.5) is 18.0 Å². The normalized spacial score (nSPS) is 26.7. The lowest BCUT2D eigenvalue weighted by atomic mass is 9.84. The molecule has 0 radical (unpaired) electrons. The maximum Gasteiger partial charge on any atom is 0.433 e. The molecule has 2 fully saturated rings. The van der Waals surface area contributed by atoms with E-state index in [-0.39, 0.29) is 30.8 Å². The topological polar surface area (TPSA) is 65.9 Å². The van der Waals surface area contributed by atoms with E-state index in [9.17, 15) is 23.1 Å². The number of aliphatic hydroxyl groups is 1. The van der Waals surface area contributed by atoms with Gasteiger partial charge in [0.2, 0.25) is 0 Å². The van der Waals surface area contributed by atoms with Crippen molar-refractivity contribution >= 4 is 6.09 Å². The van der Waals surface area contributed by atoms with Gasteiger partial charge >= 0.3 is 12.3 Å². The minimum absolute atomic E-state index is 0.0346. The summed E-state index contributed by atoms with van der Waals surface area (Å²) >= 11 is 0. The fourth-order valence-corrected chi connectivity index (χ4v) is 3.75. The number of aromatic nitrogens is 1. The van der Waals surface area contributed by atoms with Gasteiger partial charge in [-0.3, -0.25) is 4.90 Å². The van der Waals surface area contributed by atoms with Crippen LogP contribution >= 0.6 is 0 Å². The van der Waals surface area contributed by atoms with Crippen molar-refractivity contribution < 1.29 is 27.8 Å². The SMILES string of the molecule is CC(C)(C)OC(=O)N1CCN2C[C@@](O)(c3cccc(C(F)(F)F)n3)CC[C@@H]2C1. The average molecular weight is 401 g/mol. The van der Waals surface area contributed by atoms with E-state index in [0.717, 1.165) is 6.07 Å². The van der Waals surface area contributed by atoms with E-state index in [1.807, 2.05) is 25.7 Å². The summed E-state index contributed by atoms with van der Waals surface area (Å²) in [6, 6.07) is 3.65. The smallest absolute Gasteiger partial charge is 0.433 e. The second kappa shape index (κ2) is 7.18. The Bertz CT molecular complexity index is 735. The van der Waals surface area contributed by atoms with Crippen LogP contribution in [0.1, 0.15) is 45.0 Å². The van der Waals surface area contributed by atoms with Crippen LogP contribution in [-0.4, -0.2) is 63.8 Å². The fraction of sp³-hybridized carbons (Fsp3) is 0.684. The van der Waals surface area contributed by atoms with Gasteiger partial charge in [0, 0.05) is 32.2 Å². The van der Waals surface area contributed by atoms with Gasteiger partial charge in [0.1, 0.15) is 16.9 Å². The fourth-order valence-electron chi connectivity index (χ4n) is 3.75. The van der Waals surface area contributed by atoms with Crippen LogP contribution in [0, 0.1) is 0 Å². The molecule has 9 heteroatoms. The van der Waals surface area contributed by atoms with Crippen LogP contribution in [0.2, 0.25) is 0 Å². The summed E-state index contributed by atoms with van der Waals surface area (Å²) in [7, 11) is 0. The number of carbonyl (C=O) groups excluding carboxylic acids is 1. The molecule has 0 spiro atoms. The van der Waals surface area contributed by atoms with Crippen LogP contribution in [0.3, 0.4) is 0 Å². The average Bonchev–Trinajstić information content (AvgIpc) is 2.59. The number of hydrogen-bond donors (Lipinski definition) is 1. The summed E-state index contributed by atoms with van der Waals surface area (Å²) in [6.07, 6.45) is -4.09. The number of piperidine rings is 1. The van der Waals surface area contributed by atoms with E-state index in [0.29, 0.717) is 26.1 Å². The number of alkyl halides is 3. The Morgan fingerprint density at radius 3 is 2.64 bits per heavy atom. The monoisotopic (exact) mass is 401 g/mol. The molecule has 1 N–H and O–H groups in total. The first kappa shape index (κ1) is 20.9. The molecule has 1 aromatic heterocycles. The van der Waals surface area contributed by atoms with Gasteiger partial charge in [0.25, 0.3) is 0 Å². The van der Waals surface area contributed by atoms with E-state index in [4.69, 9.17) is 4.74 Å². The number of fused-ring (bicyclic) bond motifs is 1. The standard InChI is InChI=1S/C19H26F3N3O3/c1-17(2,3)28-16(26)24-9-10-25-12-18(27,8-7-13(25)11-24)14-5-4-6-15(23-14)19(20,21)22/h4-6,13,27H,7-12H2,1-3H3/t13-,18-/m1/s1. The van der Waals surface area contributed by atoms with Crippen molar-refractivity contribution in [3.63, 3.8) is 0 Å². The second-order valence-electron chi connectivity index (χ2n) is 8.53. The van der Waals surface area contributed by atoms with Crippen molar-refractivity contribution in [3.05, 3.63) is 29.6 Å². The zero-order valence-electron chi connectivity index (χ0n) is 16.3. The molecule has 156 valence electrons. The number of piperazine rings is 1. The highest BCUT2D eigenvalue weighted by Crippen LogP contribution is 2.36. The van der Waals surface area contributed by atoms with Crippen LogP contribution < -0.4 is 0 Å². The van der Waals surface area contributed by atoms with Gasteiger partial charge in [-0.1, -0.05) is 6.07 Å². The first-order valence-corrected chi connectivity index (χ1v) is 9.36. The highest BCUT2D eigenvalue weighted by Gasteiger charge is 2.44. The van der Waals surface area contributed by atoms with Crippen molar-refractivity contribution in [1.29, 1.82) is 0 Å². The van der Waals surface area contributed by atoms with Crippen molar-refractivity contribution in [2.75, 3.05) is 26.2 Å². The Balaban J connectivity index is 1.69. The molecular formula is C19H26F3N3O3. The second-order valence-corrected chi connectivity index (χ2v) is 8.53. The molecule has 2 aliphatic rings. The number of ether oxygens (including phenoxy) is 1. The third-order valence-corrected chi connectivity index (χ3v) is 5.13. The number of carbonyl (C=O) groups is 1. The van der Waals surface area contributed by atoms with Gasteiger partial charge in [-0.2, -0.15) is 13.2 Å². The number of halogens is 3. The Morgan fingerprint density at radius 1 is 1.29 bits per heavy atom. The Labute approximate surface area is 162 Å². The lowest BCUT2D eigenvalue weighted by molar-refractivity contribution is -0.142. The summed E-state index contributed by atoms with van der Waals surface area (Å²) < 4.78 is 44.3. The molecule has 0 aromatic carbocycles. The number of amides is 1. The predicted molar refractivity (Wildman–Crippen MR) is 95.5 cm³/mol. The molecule has 0 bridgehead atoms. The minimum Gasteiger partial charge on any atom is -0.444 e.